The molecule has 1 unspecified atom stereocenters. The SMILES string of the molecule is COc1ccc(C(NC(=O)c2sc(-c3cccs3)nc2C)c2nccn2C)cc1. The molecule has 148 valence electrons. The number of thiophene rings is 1. The third-order valence-corrected chi connectivity index (χ3v) is 6.77. The number of carbonyl (C=O) groups excluding carboxylic acids is 1. The Labute approximate surface area is 176 Å². The van der Waals surface area contributed by atoms with Crippen molar-refractivity contribution in [3.8, 4) is 15.6 Å². The molecule has 0 aliphatic carbocycles. The maximum absolute atomic E-state index is 13.2. The second-order valence-corrected chi connectivity index (χ2v) is 8.43. The summed E-state index contributed by atoms with van der Waals surface area (Å²) in [5, 5.41) is 6.01. The number of imidazole rings is 1. The van der Waals surface area contributed by atoms with Crippen molar-refractivity contribution < 1.29 is 9.53 Å². The highest BCUT2D eigenvalue weighted by atomic mass is 32.1. The molecule has 0 saturated heterocycles. The number of benzene rings is 1. The molecule has 1 amide bonds. The number of hydrogen-bond acceptors (Lipinski definition) is 6. The van der Waals surface area contributed by atoms with Gasteiger partial charge < -0.3 is 14.6 Å². The van der Waals surface area contributed by atoms with Crippen molar-refractivity contribution in [3.05, 3.63) is 76.1 Å². The van der Waals surface area contributed by atoms with Crippen molar-refractivity contribution in [1.29, 1.82) is 0 Å². The van der Waals surface area contributed by atoms with Crippen molar-refractivity contribution in [3.63, 3.8) is 0 Å². The van der Waals surface area contributed by atoms with Crippen molar-refractivity contribution >= 4 is 28.6 Å². The minimum Gasteiger partial charge on any atom is -0.497 e. The normalized spacial score (nSPS) is 12.0. The Morgan fingerprint density at radius 2 is 2.03 bits per heavy atom. The predicted octanol–water partition coefficient (Wildman–Crippen LogP) is 4.44. The van der Waals surface area contributed by atoms with Gasteiger partial charge in [-0.1, -0.05) is 18.2 Å². The molecule has 6 nitrogen and oxygen atoms in total. The number of thiazole rings is 1. The summed E-state index contributed by atoms with van der Waals surface area (Å²) >= 11 is 3.03. The van der Waals surface area contributed by atoms with Gasteiger partial charge in [-0.3, -0.25) is 4.79 Å². The minimum atomic E-state index is -0.389. The van der Waals surface area contributed by atoms with Crippen LogP contribution in [0.25, 0.3) is 9.88 Å². The Balaban J connectivity index is 1.66. The molecule has 1 atom stereocenters. The van der Waals surface area contributed by atoms with Gasteiger partial charge in [0, 0.05) is 19.4 Å². The predicted molar refractivity (Wildman–Crippen MR) is 116 cm³/mol. The van der Waals surface area contributed by atoms with E-state index in [-0.39, 0.29) is 11.9 Å². The maximum atomic E-state index is 13.2. The summed E-state index contributed by atoms with van der Waals surface area (Å²) in [6, 6.07) is 11.2. The molecule has 0 spiro atoms. The first-order valence-electron chi connectivity index (χ1n) is 9.00. The van der Waals surface area contributed by atoms with E-state index in [0.717, 1.165) is 32.7 Å². The Kier molecular flexibility index (Phi) is 5.46. The Bertz CT molecular complexity index is 1110. The molecule has 0 bridgehead atoms. The van der Waals surface area contributed by atoms with Crippen LogP contribution in [-0.4, -0.2) is 27.6 Å². The van der Waals surface area contributed by atoms with Crippen LogP contribution in [0.3, 0.4) is 0 Å². The van der Waals surface area contributed by atoms with Crippen LogP contribution in [0.5, 0.6) is 5.75 Å². The summed E-state index contributed by atoms with van der Waals surface area (Å²) in [6.45, 7) is 1.87. The van der Waals surface area contributed by atoms with Crippen LogP contribution in [0.2, 0.25) is 0 Å². The summed E-state index contributed by atoms with van der Waals surface area (Å²) in [5.74, 6) is 1.35. The highest BCUT2D eigenvalue weighted by Gasteiger charge is 2.24. The number of ether oxygens (including phenoxy) is 1. The lowest BCUT2D eigenvalue weighted by atomic mass is 10.1. The highest BCUT2D eigenvalue weighted by Crippen LogP contribution is 2.32. The zero-order valence-corrected chi connectivity index (χ0v) is 17.9. The molecule has 1 aromatic carbocycles. The first-order valence-corrected chi connectivity index (χ1v) is 10.7. The lowest BCUT2D eigenvalue weighted by Gasteiger charge is -2.19. The quantitative estimate of drug-likeness (QED) is 0.497. The van der Waals surface area contributed by atoms with Gasteiger partial charge in [-0.15, -0.1) is 22.7 Å². The first kappa shape index (κ1) is 19.4. The summed E-state index contributed by atoms with van der Waals surface area (Å²) in [4.78, 5) is 23.9. The van der Waals surface area contributed by atoms with E-state index in [1.54, 1.807) is 24.6 Å². The topological polar surface area (TPSA) is 69.0 Å². The van der Waals surface area contributed by atoms with E-state index in [4.69, 9.17) is 4.74 Å². The molecule has 0 radical (unpaired) electrons. The van der Waals surface area contributed by atoms with Crippen LogP contribution in [0.1, 0.15) is 32.8 Å². The first-order chi connectivity index (χ1) is 14.1. The fourth-order valence-corrected chi connectivity index (χ4v) is 4.82. The molecule has 0 fully saturated rings. The number of methoxy groups -OCH3 is 1. The van der Waals surface area contributed by atoms with Crippen LogP contribution in [0.15, 0.2) is 54.2 Å². The van der Waals surface area contributed by atoms with Gasteiger partial charge in [0.15, 0.2) is 0 Å². The third kappa shape index (κ3) is 3.94. The smallest absolute Gasteiger partial charge is 0.264 e. The summed E-state index contributed by atoms with van der Waals surface area (Å²) in [5.41, 5.74) is 1.65. The second kappa shape index (κ2) is 8.18. The van der Waals surface area contributed by atoms with Gasteiger partial charge in [0.1, 0.15) is 27.5 Å². The molecular formula is C21H20N4O2S2. The largest absolute Gasteiger partial charge is 0.497 e. The molecule has 1 N–H and O–H groups in total. The molecule has 4 aromatic rings. The molecule has 8 heteroatoms. The van der Waals surface area contributed by atoms with Gasteiger partial charge in [0.2, 0.25) is 0 Å². The average Bonchev–Trinajstić information content (AvgIpc) is 3.47. The van der Waals surface area contributed by atoms with E-state index < -0.39 is 0 Å². The van der Waals surface area contributed by atoms with Crippen molar-refractivity contribution in [2.45, 2.75) is 13.0 Å². The third-order valence-electron chi connectivity index (χ3n) is 4.58. The van der Waals surface area contributed by atoms with E-state index >= 15 is 0 Å². The number of aromatic nitrogens is 3. The van der Waals surface area contributed by atoms with E-state index in [0.29, 0.717) is 4.88 Å². The fourth-order valence-electron chi connectivity index (χ4n) is 3.06. The number of nitrogens with one attached hydrogen (secondary N) is 1. The van der Waals surface area contributed by atoms with Crippen LogP contribution in [0.4, 0.5) is 0 Å². The zero-order chi connectivity index (χ0) is 20.4. The monoisotopic (exact) mass is 424 g/mol. The van der Waals surface area contributed by atoms with Crippen LogP contribution in [-0.2, 0) is 7.05 Å². The van der Waals surface area contributed by atoms with Gasteiger partial charge in [0.25, 0.3) is 5.91 Å². The summed E-state index contributed by atoms with van der Waals surface area (Å²) in [6.07, 6.45) is 3.59. The highest BCUT2D eigenvalue weighted by molar-refractivity contribution is 7.22. The lowest BCUT2D eigenvalue weighted by molar-refractivity contribution is 0.0944. The molecule has 0 saturated carbocycles. The summed E-state index contributed by atoms with van der Waals surface area (Å²) < 4.78 is 7.16. The van der Waals surface area contributed by atoms with Crippen LogP contribution in [0, 0.1) is 6.92 Å². The van der Waals surface area contributed by atoms with E-state index in [1.165, 1.54) is 11.3 Å². The second-order valence-electron chi connectivity index (χ2n) is 6.49. The Hall–Kier alpha value is -2.97. The zero-order valence-electron chi connectivity index (χ0n) is 16.2. The number of hydrogen-bond donors (Lipinski definition) is 1. The molecule has 0 aliphatic rings. The molecular weight excluding hydrogens is 404 g/mol. The number of rotatable bonds is 6. The van der Waals surface area contributed by atoms with Crippen molar-refractivity contribution in [2.24, 2.45) is 7.05 Å². The van der Waals surface area contributed by atoms with Crippen molar-refractivity contribution in [2.75, 3.05) is 7.11 Å². The Morgan fingerprint density at radius 3 is 2.66 bits per heavy atom. The summed E-state index contributed by atoms with van der Waals surface area (Å²) in [7, 11) is 3.54. The molecule has 0 aliphatic heterocycles. The standard InChI is InChI=1S/C21H20N4O2S2/c1-13-18(29-21(23-13)16-5-4-12-28-16)20(26)24-17(19-22-10-11-25(19)2)14-6-8-15(27-3)9-7-14/h4-12,17H,1-3H3,(H,24,26). The fraction of sp³-hybridized carbons (Fsp3) is 0.190. The van der Waals surface area contributed by atoms with Gasteiger partial charge >= 0.3 is 0 Å². The molecule has 29 heavy (non-hydrogen) atoms. The van der Waals surface area contributed by atoms with Crippen LogP contribution >= 0.6 is 22.7 Å². The lowest BCUT2D eigenvalue weighted by Crippen LogP contribution is -2.31. The Morgan fingerprint density at radius 1 is 1.24 bits per heavy atom. The van der Waals surface area contributed by atoms with Gasteiger partial charge in [0.05, 0.1) is 17.7 Å². The number of carbonyl (C=O) groups is 1. The van der Waals surface area contributed by atoms with Gasteiger partial charge in [-0.05, 0) is 36.1 Å². The molecule has 3 aromatic heterocycles. The van der Waals surface area contributed by atoms with E-state index in [2.05, 4.69) is 15.3 Å². The number of amides is 1. The van der Waals surface area contributed by atoms with E-state index in [9.17, 15) is 4.79 Å². The average molecular weight is 425 g/mol. The van der Waals surface area contributed by atoms with Gasteiger partial charge in [-0.25, -0.2) is 9.97 Å². The maximum Gasteiger partial charge on any atom is 0.264 e. The van der Waals surface area contributed by atoms with Crippen molar-refractivity contribution in [1.82, 2.24) is 19.9 Å². The number of nitrogens with zero attached hydrogens (tertiary/aromatic N) is 3. The minimum absolute atomic E-state index is 0.161. The van der Waals surface area contributed by atoms with Gasteiger partial charge in [-0.2, -0.15) is 0 Å². The number of aryl methyl sites for hydroxylation is 2. The van der Waals surface area contributed by atoms with Crippen LogP contribution < -0.4 is 10.1 Å². The molecule has 4 rings (SSSR count). The molecule has 3 heterocycles. The van der Waals surface area contributed by atoms with E-state index in [1.807, 2.05) is 66.5 Å².